The number of unbranched alkanes of at least 4 members (excludes halogenated alkanes) is 1. The molecule has 0 aliphatic carbocycles. The predicted octanol–water partition coefficient (Wildman–Crippen LogP) is 5.25. The Balaban J connectivity index is 1.74. The molecule has 1 unspecified atom stereocenters. The van der Waals surface area contributed by atoms with Crippen LogP contribution >= 0.6 is 11.6 Å². The first-order valence-corrected chi connectivity index (χ1v) is 7.29. The lowest BCUT2D eigenvalue weighted by Crippen LogP contribution is -1.97. The van der Waals surface area contributed by atoms with E-state index in [1.54, 1.807) is 6.20 Å². The number of hydrogen-bond acceptors (Lipinski definition) is 1. The van der Waals surface area contributed by atoms with E-state index >= 15 is 0 Å². The Labute approximate surface area is 120 Å². The minimum atomic E-state index is 0.481. The van der Waals surface area contributed by atoms with Gasteiger partial charge in [-0.2, -0.15) is 0 Å². The third-order valence-electron chi connectivity index (χ3n) is 3.44. The molecule has 2 heteroatoms. The summed E-state index contributed by atoms with van der Waals surface area (Å²) < 4.78 is 0. The van der Waals surface area contributed by atoms with Crippen LogP contribution < -0.4 is 0 Å². The Morgan fingerprint density at radius 2 is 1.89 bits per heavy atom. The molecule has 1 aromatic carbocycles. The maximum atomic E-state index is 5.99. The Hall–Kier alpha value is -1.34. The van der Waals surface area contributed by atoms with Crippen molar-refractivity contribution >= 4 is 11.6 Å². The topological polar surface area (TPSA) is 12.9 Å². The molecule has 2 rings (SSSR count). The van der Waals surface area contributed by atoms with Crippen molar-refractivity contribution in [1.29, 1.82) is 0 Å². The van der Waals surface area contributed by atoms with E-state index in [1.165, 1.54) is 24.8 Å². The molecule has 1 atom stereocenters. The molecule has 0 radical (unpaired) electrons. The maximum absolute atomic E-state index is 5.99. The monoisotopic (exact) mass is 273 g/mol. The highest BCUT2D eigenvalue weighted by Crippen LogP contribution is 2.22. The summed E-state index contributed by atoms with van der Waals surface area (Å²) in [7, 11) is 0. The van der Waals surface area contributed by atoms with Gasteiger partial charge in [-0.3, -0.25) is 4.98 Å². The van der Waals surface area contributed by atoms with Crippen LogP contribution in [-0.2, 0) is 6.42 Å². The largest absolute Gasteiger partial charge is 0.261 e. The zero-order valence-corrected chi connectivity index (χ0v) is 12.1. The minimum absolute atomic E-state index is 0.481. The second-order valence-electron chi connectivity index (χ2n) is 5.03. The van der Waals surface area contributed by atoms with Crippen LogP contribution in [0.15, 0.2) is 48.7 Å². The van der Waals surface area contributed by atoms with Gasteiger partial charge >= 0.3 is 0 Å². The molecule has 1 aromatic heterocycles. The van der Waals surface area contributed by atoms with E-state index in [9.17, 15) is 0 Å². The quantitative estimate of drug-likeness (QED) is 0.655. The Morgan fingerprint density at radius 1 is 1.11 bits per heavy atom. The van der Waals surface area contributed by atoms with Crippen LogP contribution in [0.1, 0.15) is 43.4 Å². The lowest BCUT2D eigenvalue weighted by Gasteiger charge is -2.10. The number of aromatic nitrogens is 1. The van der Waals surface area contributed by atoms with Crippen molar-refractivity contribution in [2.75, 3.05) is 0 Å². The number of benzene rings is 1. The molecule has 100 valence electrons. The Bertz CT molecular complexity index is 496. The summed E-state index contributed by atoms with van der Waals surface area (Å²) in [6.07, 6.45) is 6.58. The van der Waals surface area contributed by atoms with E-state index in [1.807, 2.05) is 12.1 Å². The third kappa shape index (κ3) is 4.68. The minimum Gasteiger partial charge on any atom is -0.261 e. The highest BCUT2D eigenvalue weighted by atomic mass is 35.5. The first kappa shape index (κ1) is 14.1. The summed E-state index contributed by atoms with van der Waals surface area (Å²) >= 11 is 5.99. The average molecular weight is 274 g/mol. The average Bonchev–Trinajstić information content (AvgIpc) is 2.44. The third-order valence-corrected chi connectivity index (χ3v) is 3.68. The van der Waals surface area contributed by atoms with Crippen molar-refractivity contribution in [1.82, 2.24) is 4.98 Å². The number of aryl methyl sites for hydroxylation is 1. The van der Waals surface area contributed by atoms with Gasteiger partial charge in [-0.05, 0) is 42.9 Å². The van der Waals surface area contributed by atoms with Crippen LogP contribution in [0.4, 0.5) is 0 Å². The number of nitrogens with zero attached hydrogens (tertiary/aromatic N) is 1. The Kier molecular flexibility index (Phi) is 5.41. The molecule has 1 heterocycles. The molecular weight excluding hydrogens is 254 g/mol. The van der Waals surface area contributed by atoms with E-state index < -0.39 is 0 Å². The fourth-order valence-corrected chi connectivity index (χ4v) is 2.43. The molecule has 0 aliphatic heterocycles. The van der Waals surface area contributed by atoms with Crippen LogP contribution in [0.2, 0.25) is 5.02 Å². The van der Waals surface area contributed by atoms with Crippen LogP contribution in [0.3, 0.4) is 0 Å². The van der Waals surface area contributed by atoms with Crippen LogP contribution in [0.5, 0.6) is 0 Å². The smallest absolute Gasteiger partial charge is 0.0446 e. The lowest BCUT2D eigenvalue weighted by atomic mass is 9.98. The lowest BCUT2D eigenvalue weighted by molar-refractivity contribution is 0.593. The highest BCUT2D eigenvalue weighted by molar-refractivity contribution is 6.30. The van der Waals surface area contributed by atoms with E-state index in [0.29, 0.717) is 5.92 Å². The van der Waals surface area contributed by atoms with Gasteiger partial charge in [-0.1, -0.05) is 55.3 Å². The zero-order chi connectivity index (χ0) is 13.5. The fourth-order valence-electron chi connectivity index (χ4n) is 2.26. The molecular formula is C17H20ClN. The molecule has 0 aliphatic rings. The number of hydrogen-bond donors (Lipinski definition) is 0. The summed E-state index contributed by atoms with van der Waals surface area (Å²) in [6, 6.07) is 14.5. The van der Waals surface area contributed by atoms with Crippen LogP contribution in [0, 0.1) is 0 Å². The van der Waals surface area contributed by atoms with Gasteiger partial charge in [0.2, 0.25) is 0 Å². The van der Waals surface area contributed by atoms with Crippen LogP contribution in [-0.4, -0.2) is 4.98 Å². The van der Waals surface area contributed by atoms with Gasteiger partial charge in [0, 0.05) is 16.9 Å². The first-order valence-electron chi connectivity index (χ1n) is 6.91. The van der Waals surface area contributed by atoms with Gasteiger partial charge in [-0.25, -0.2) is 0 Å². The summed E-state index contributed by atoms with van der Waals surface area (Å²) in [6.45, 7) is 2.22. The van der Waals surface area contributed by atoms with E-state index in [4.69, 9.17) is 11.6 Å². The van der Waals surface area contributed by atoms with Gasteiger partial charge in [0.05, 0.1) is 0 Å². The first-order chi connectivity index (χ1) is 9.25. The van der Waals surface area contributed by atoms with Gasteiger partial charge in [0.1, 0.15) is 0 Å². The van der Waals surface area contributed by atoms with Gasteiger partial charge < -0.3 is 0 Å². The van der Waals surface area contributed by atoms with Gasteiger partial charge in [0.15, 0.2) is 0 Å². The second-order valence-corrected chi connectivity index (χ2v) is 5.47. The summed E-state index contributed by atoms with van der Waals surface area (Å²) in [5, 5.41) is 0.779. The molecule has 0 saturated heterocycles. The highest BCUT2D eigenvalue weighted by Gasteiger charge is 2.07. The van der Waals surface area contributed by atoms with E-state index in [-0.39, 0.29) is 0 Å². The SMILES string of the molecule is CC(CCCCc1ccccc1)c1cc(Cl)ccn1. The second kappa shape index (κ2) is 7.30. The molecule has 2 aromatic rings. The zero-order valence-electron chi connectivity index (χ0n) is 11.3. The van der Waals surface area contributed by atoms with Crippen molar-refractivity contribution in [3.05, 3.63) is 64.9 Å². The predicted molar refractivity (Wildman–Crippen MR) is 81.7 cm³/mol. The molecule has 0 amide bonds. The molecule has 0 spiro atoms. The maximum Gasteiger partial charge on any atom is 0.0446 e. The van der Waals surface area contributed by atoms with E-state index in [0.717, 1.165) is 17.1 Å². The molecule has 0 N–H and O–H groups in total. The fraction of sp³-hybridized carbons (Fsp3) is 0.353. The molecule has 0 bridgehead atoms. The molecule has 1 nitrogen and oxygen atoms in total. The van der Waals surface area contributed by atoms with Gasteiger partial charge in [0.25, 0.3) is 0 Å². The summed E-state index contributed by atoms with van der Waals surface area (Å²) in [5.74, 6) is 0.481. The van der Waals surface area contributed by atoms with Crippen molar-refractivity contribution in [2.45, 2.75) is 38.5 Å². The van der Waals surface area contributed by atoms with Crippen molar-refractivity contribution in [3.8, 4) is 0 Å². The van der Waals surface area contributed by atoms with E-state index in [2.05, 4.69) is 42.2 Å². The van der Waals surface area contributed by atoms with Crippen molar-refractivity contribution in [2.24, 2.45) is 0 Å². The molecule has 0 saturated carbocycles. The van der Waals surface area contributed by atoms with Gasteiger partial charge in [-0.15, -0.1) is 0 Å². The Morgan fingerprint density at radius 3 is 2.63 bits per heavy atom. The number of rotatable bonds is 6. The van der Waals surface area contributed by atoms with Crippen molar-refractivity contribution < 1.29 is 0 Å². The summed E-state index contributed by atoms with van der Waals surface area (Å²) in [4.78, 5) is 4.39. The summed E-state index contributed by atoms with van der Waals surface area (Å²) in [5.41, 5.74) is 2.53. The number of pyridine rings is 1. The number of halogens is 1. The van der Waals surface area contributed by atoms with Crippen LogP contribution in [0.25, 0.3) is 0 Å². The standard InChI is InChI=1S/C17H20ClN/c1-14(17-13-16(18)11-12-19-17)7-5-6-10-15-8-3-2-4-9-15/h2-4,8-9,11-14H,5-7,10H2,1H3. The normalized spacial score (nSPS) is 12.3. The molecule has 19 heavy (non-hydrogen) atoms. The molecule has 0 fully saturated rings. The van der Waals surface area contributed by atoms with Crippen molar-refractivity contribution in [3.63, 3.8) is 0 Å².